The third-order valence-electron chi connectivity index (χ3n) is 2.10. The number of hydrogen-bond acceptors (Lipinski definition) is 3. The molecule has 1 rings (SSSR count). The van der Waals surface area contributed by atoms with E-state index in [1.54, 1.807) is 0 Å². The van der Waals surface area contributed by atoms with Crippen molar-refractivity contribution in [2.75, 3.05) is 32.8 Å². The second-order valence-electron chi connectivity index (χ2n) is 3.49. The molecule has 2 N–H and O–H groups in total. The van der Waals surface area contributed by atoms with Gasteiger partial charge in [-0.15, -0.1) is 0 Å². The van der Waals surface area contributed by atoms with Crippen molar-refractivity contribution < 1.29 is 4.74 Å². The lowest BCUT2D eigenvalue weighted by molar-refractivity contribution is 0.0992. The summed E-state index contributed by atoms with van der Waals surface area (Å²) in [7, 11) is 0. The standard InChI is InChI=1S/C9H20N2O/c1-2-5-12-6-3-4-11-7-9(10)8-11/h9H,2-8,10H2,1H3. The van der Waals surface area contributed by atoms with Gasteiger partial charge in [0.05, 0.1) is 0 Å². The van der Waals surface area contributed by atoms with Gasteiger partial charge in [0, 0.05) is 38.9 Å². The number of likely N-dealkylation sites (tertiary alicyclic amines) is 1. The Hall–Kier alpha value is -0.120. The molecular formula is C9H20N2O. The minimum absolute atomic E-state index is 0.432. The largest absolute Gasteiger partial charge is 0.381 e. The fraction of sp³-hybridized carbons (Fsp3) is 1.00. The van der Waals surface area contributed by atoms with Crippen LogP contribution in [-0.2, 0) is 4.74 Å². The first-order valence-corrected chi connectivity index (χ1v) is 4.88. The monoisotopic (exact) mass is 172 g/mol. The van der Waals surface area contributed by atoms with E-state index in [1.807, 2.05) is 0 Å². The summed E-state index contributed by atoms with van der Waals surface area (Å²) in [6.07, 6.45) is 2.27. The van der Waals surface area contributed by atoms with E-state index in [1.165, 1.54) is 0 Å². The molecule has 1 aliphatic rings. The number of ether oxygens (including phenoxy) is 1. The van der Waals surface area contributed by atoms with Gasteiger partial charge >= 0.3 is 0 Å². The first-order chi connectivity index (χ1) is 5.83. The lowest BCUT2D eigenvalue weighted by Crippen LogP contribution is -2.55. The second-order valence-corrected chi connectivity index (χ2v) is 3.49. The molecule has 3 nitrogen and oxygen atoms in total. The van der Waals surface area contributed by atoms with Crippen LogP contribution in [0.4, 0.5) is 0 Å². The maximum Gasteiger partial charge on any atom is 0.0478 e. The Balaban J connectivity index is 1.77. The van der Waals surface area contributed by atoms with Crippen LogP contribution in [0.5, 0.6) is 0 Å². The molecule has 12 heavy (non-hydrogen) atoms. The zero-order valence-corrected chi connectivity index (χ0v) is 7.96. The van der Waals surface area contributed by atoms with Crippen molar-refractivity contribution in [3.05, 3.63) is 0 Å². The Labute approximate surface area is 74.9 Å². The van der Waals surface area contributed by atoms with Crippen LogP contribution >= 0.6 is 0 Å². The van der Waals surface area contributed by atoms with Gasteiger partial charge in [0.15, 0.2) is 0 Å². The molecule has 1 fully saturated rings. The Kier molecular flexibility index (Phi) is 4.58. The first kappa shape index (κ1) is 9.96. The molecule has 0 aromatic heterocycles. The fourth-order valence-electron chi connectivity index (χ4n) is 1.43. The lowest BCUT2D eigenvalue weighted by Gasteiger charge is -2.36. The summed E-state index contributed by atoms with van der Waals surface area (Å²) < 4.78 is 5.37. The number of hydrogen-bond donors (Lipinski definition) is 1. The third kappa shape index (κ3) is 3.52. The Morgan fingerprint density at radius 3 is 2.75 bits per heavy atom. The smallest absolute Gasteiger partial charge is 0.0478 e. The molecular weight excluding hydrogens is 152 g/mol. The van der Waals surface area contributed by atoms with Gasteiger partial charge in [-0.2, -0.15) is 0 Å². The molecule has 0 aliphatic carbocycles. The minimum Gasteiger partial charge on any atom is -0.381 e. The Morgan fingerprint density at radius 1 is 1.42 bits per heavy atom. The van der Waals surface area contributed by atoms with Gasteiger partial charge in [-0.25, -0.2) is 0 Å². The topological polar surface area (TPSA) is 38.5 Å². The summed E-state index contributed by atoms with van der Waals surface area (Å²) >= 11 is 0. The van der Waals surface area contributed by atoms with Crippen molar-refractivity contribution in [2.24, 2.45) is 5.73 Å². The summed E-state index contributed by atoms with van der Waals surface area (Å²) in [5.74, 6) is 0. The summed E-state index contributed by atoms with van der Waals surface area (Å²) in [5.41, 5.74) is 5.65. The molecule has 1 heterocycles. The summed E-state index contributed by atoms with van der Waals surface area (Å²) in [6.45, 7) is 7.24. The second kappa shape index (κ2) is 5.51. The number of rotatable bonds is 6. The highest BCUT2D eigenvalue weighted by Crippen LogP contribution is 2.05. The molecule has 0 amide bonds. The minimum atomic E-state index is 0.432. The molecule has 0 aromatic carbocycles. The van der Waals surface area contributed by atoms with E-state index in [0.29, 0.717) is 6.04 Å². The van der Waals surface area contributed by atoms with E-state index in [9.17, 15) is 0 Å². The Morgan fingerprint density at radius 2 is 2.17 bits per heavy atom. The summed E-state index contributed by atoms with van der Waals surface area (Å²) in [6, 6.07) is 0.432. The van der Waals surface area contributed by atoms with Crippen LogP contribution in [-0.4, -0.2) is 43.8 Å². The number of nitrogens with zero attached hydrogens (tertiary/aromatic N) is 1. The Bertz CT molecular complexity index is 113. The van der Waals surface area contributed by atoms with Crippen molar-refractivity contribution in [3.8, 4) is 0 Å². The molecule has 1 aliphatic heterocycles. The highest BCUT2D eigenvalue weighted by atomic mass is 16.5. The predicted octanol–water partition coefficient (Wildman–Crippen LogP) is 0.446. The van der Waals surface area contributed by atoms with Crippen LogP contribution in [0.2, 0.25) is 0 Å². The van der Waals surface area contributed by atoms with Crippen molar-refractivity contribution >= 4 is 0 Å². The molecule has 0 atom stereocenters. The van der Waals surface area contributed by atoms with E-state index in [-0.39, 0.29) is 0 Å². The maximum absolute atomic E-state index is 5.65. The normalized spacial score (nSPS) is 19.5. The average Bonchev–Trinajstić information content (AvgIpc) is 2.00. The van der Waals surface area contributed by atoms with Gasteiger partial charge in [-0.3, -0.25) is 0 Å². The van der Waals surface area contributed by atoms with Crippen LogP contribution < -0.4 is 5.73 Å². The third-order valence-corrected chi connectivity index (χ3v) is 2.10. The van der Waals surface area contributed by atoms with Gasteiger partial charge < -0.3 is 15.4 Å². The van der Waals surface area contributed by atoms with Crippen LogP contribution in [0.1, 0.15) is 19.8 Å². The van der Waals surface area contributed by atoms with Crippen molar-refractivity contribution in [1.82, 2.24) is 4.90 Å². The summed E-state index contributed by atoms with van der Waals surface area (Å²) in [4.78, 5) is 2.37. The molecule has 3 heteroatoms. The highest BCUT2D eigenvalue weighted by Gasteiger charge is 2.21. The van der Waals surface area contributed by atoms with E-state index in [0.717, 1.165) is 45.7 Å². The zero-order chi connectivity index (χ0) is 8.81. The van der Waals surface area contributed by atoms with Gasteiger partial charge in [0.1, 0.15) is 0 Å². The predicted molar refractivity (Wildman–Crippen MR) is 50.1 cm³/mol. The molecule has 1 saturated heterocycles. The fourth-order valence-corrected chi connectivity index (χ4v) is 1.43. The molecule has 0 bridgehead atoms. The van der Waals surface area contributed by atoms with Crippen LogP contribution in [0.3, 0.4) is 0 Å². The van der Waals surface area contributed by atoms with Gasteiger partial charge in [0.2, 0.25) is 0 Å². The molecule has 72 valence electrons. The van der Waals surface area contributed by atoms with Crippen LogP contribution in [0.25, 0.3) is 0 Å². The average molecular weight is 172 g/mol. The van der Waals surface area contributed by atoms with E-state index in [2.05, 4.69) is 11.8 Å². The van der Waals surface area contributed by atoms with Crippen molar-refractivity contribution in [1.29, 1.82) is 0 Å². The molecule has 0 spiro atoms. The molecule has 0 aromatic rings. The van der Waals surface area contributed by atoms with Crippen LogP contribution in [0.15, 0.2) is 0 Å². The summed E-state index contributed by atoms with van der Waals surface area (Å²) in [5, 5.41) is 0. The zero-order valence-electron chi connectivity index (χ0n) is 7.96. The van der Waals surface area contributed by atoms with E-state index < -0.39 is 0 Å². The highest BCUT2D eigenvalue weighted by molar-refractivity contribution is 4.81. The van der Waals surface area contributed by atoms with Crippen molar-refractivity contribution in [2.45, 2.75) is 25.8 Å². The SMILES string of the molecule is CCCOCCCN1CC(N)C1. The quantitative estimate of drug-likeness (QED) is 0.591. The van der Waals surface area contributed by atoms with Gasteiger partial charge in [-0.05, 0) is 12.8 Å². The van der Waals surface area contributed by atoms with E-state index >= 15 is 0 Å². The van der Waals surface area contributed by atoms with E-state index in [4.69, 9.17) is 10.5 Å². The molecule has 0 radical (unpaired) electrons. The first-order valence-electron chi connectivity index (χ1n) is 4.88. The van der Waals surface area contributed by atoms with Gasteiger partial charge in [0.25, 0.3) is 0 Å². The van der Waals surface area contributed by atoms with Crippen molar-refractivity contribution in [3.63, 3.8) is 0 Å². The molecule has 0 unspecified atom stereocenters. The number of nitrogens with two attached hydrogens (primary N) is 1. The molecule has 0 saturated carbocycles. The maximum atomic E-state index is 5.65. The lowest BCUT2D eigenvalue weighted by atomic mass is 10.1. The van der Waals surface area contributed by atoms with Crippen LogP contribution in [0, 0.1) is 0 Å². The van der Waals surface area contributed by atoms with Gasteiger partial charge in [-0.1, -0.05) is 6.92 Å².